The smallest absolute Gasteiger partial charge is 0.251 e. The third kappa shape index (κ3) is 3.06. The average Bonchev–Trinajstić information content (AvgIpc) is 2.71. The van der Waals surface area contributed by atoms with Crippen LogP contribution in [0.2, 0.25) is 0 Å². The topological polar surface area (TPSA) is 29.1 Å². The maximum absolute atomic E-state index is 12.6. The van der Waals surface area contributed by atoms with E-state index in [2.05, 4.69) is 48.6 Å². The molecule has 0 aliphatic heterocycles. The number of carbonyl (C=O) groups is 1. The Labute approximate surface area is 153 Å². The van der Waals surface area contributed by atoms with Crippen molar-refractivity contribution in [3.63, 3.8) is 0 Å². The summed E-state index contributed by atoms with van der Waals surface area (Å²) in [5.41, 5.74) is 3.14. The lowest BCUT2D eigenvalue weighted by Crippen LogP contribution is -2.22. The van der Waals surface area contributed by atoms with Gasteiger partial charge in [-0.25, -0.2) is 0 Å². The van der Waals surface area contributed by atoms with E-state index in [9.17, 15) is 4.79 Å². The maximum Gasteiger partial charge on any atom is 0.251 e. The molecule has 0 atom stereocenters. The Balaban J connectivity index is 1.71. The summed E-state index contributed by atoms with van der Waals surface area (Å²) in [6.45, 7) is 2.71. The first kappa shape index (κ1) is 16.3. The SMILES string of the molecule is CCc1cc2ccc(C(=O)NCc3ccccc3)cc2c2ccccc12. The van der Waals surface area contributed by atoms with Gasteiger partial charge in [0.25, 0.3) is 5.91 Å². The largest absolute Gasteiger partial charge is 0.348 e. The van der Waals surface area contributed by atoms with Crippen molar-refractivity contribution in [2.45, 2.75) is 19.9 Å². The van der Waals surface area contributed by atoms with E-state index in [4.69, 9.17) is 0 Å². The van der Waals surface area contributed by atoms with Crippen molar-refractivity contribution in [3.8, 4) is 0 Å². The Morgan fingerprint density at radius 3 is 2.31 bits per heavy atom. The van der Waals surface area contributed by atoms with Gasteiger partial charge in [-0.1, -0.05) is 73.7 Å². The minimum absolute atomic E-state index is 0.0422. The molecule has 1 amide bonds. The third-order valence-electron chi connectivity index (χ3n) is 4.89. The molecule has 0 saturated carbocycles. The van der Waals surface area contributed by atoms with E-state index in [0.29, 0.717) is 12.1 Å². The fourth-order valence-electron chi connectivity index (χ4n) is 3.49. The summed E-state index contributed by atoms with van der Waals surface area (Å²) in [4.78, 5) is 12.6. The molecular formula is C24H21NO. The van der Waals surface area contributed by atoms with Crippen LogP contribution in [-0.2, 0) is 13.0 Å². The standard InChI is InChI=1S/C24H21NO/c1-2-18-14-19-12-13-20(15-23(19)22-11-7-6-10-21(18)22)24(26)25-16-17-8-4-3-5-9-17/h3-15H,2,16H2,1H3,(H,25,26). The molecule has 0 aromatic heterocycles. The zero-order valence-electron chi connectivity index (χ0n) is 14.8. The normalized spacial score (nSPS) is 11.0. The van der Waals surface area contributed by atoms with Gasteiger partial charge in [-0.2, -0.15) is 0 Å². The van der Waals surface area contributed by atoms with Crippen molar-refractivity contribution >= 4 is 27.5 Å². The predicted molar refractivity (Wildman–Crippen MR) is 108 cm³/mol. The van der Waals surface area contributed by atoms with Gasteiger partial charge in [-0.3, -0.25) is 4.79 Å². The Kier molecular flexibility index (Phi) is 4.40. The van der Waals surface area contributed by atoms with Gasteiger partial charge in [-0.05, 0) is 51.2 Å². The summed E-state index contributed by atoms with van der Waals surface area (Å²) >= 11 is 0. The van der Waals surface area contributed by atoms with Gasteiger partial charge in [0.1, 0.15) is 0 Å². The molecule has 0 unspecified atom stereocenters. The lowest BCUT2D eigenvalue weighted by Gasteiger charge is -2.11. The van der Waals surface area contributed by atoms with Gasteiger partial charge in [0, 0.05) is 12.1 Å². The highest BCUT2D eigenvalue weighted by Crippen LogP contribution is 2.29. The first-order chi connectivity index (χ1) is 12.8. The number of hydrogen-bond acceptors (Lipinski definition) is 1. The fourth-order valence-corrected chi connectivity index (χ4v) is 3.49. The van der Waals surface area contributed by atoms with Crippen molar-refractivity contribution < 1.29 is 4.79 Å². The molecule has 4 aromatic carbocycles. The van der Waals surface area contributed by atoms with E-state index in [1.54, 1.807) is 0 Å². The summed E-state index contributed by atoms with van der Waals surface area (Å²) in [5, 5.41) is 7.80. The highest BCUT2D eigenvalue weighted by atomic mass is 16.1. The molecule has 128 valence electrons. The molecular weight excluding hydrogens is 318 g/mol. The predicted octanol–water partition coefficient (Wildman–Crippen LogP) is 5.49. The van der Waals surface area contributed by atoms with Gasteiger partial charge in [0.05, 0.1) is 0 Å². The molecule has 2 nitrogen and oxygen atoms in total. The van der Waals surface area contributed by atoms with Crippen LogP contribution in [0, 0.1) is 0 Å². The van der Waals surface area contributed by atoms with Gasteiger partial charge in [0.2, 0.25) is 0 Å². The third-order valence-corrected chi connectivity index (χ3v) is 4.89. The molecule has 2 heteroatoms. The number of benzene rings is 4. The molecule has 0 radical (unpaired) electrons. The van der Waals surface area contributed by atoms with Crippen molar-refractivity contribution in [1.29, 1.82) is 0 Å². The van der Waals surface area contributed by atoms with Crippen LogP contribution in [0.25, 0.3) is 21.5 Å². The minimum Gasteiger partial charge on any atom is -0.348 e. The number of rotatable bonds is 4. The van der Waals surface area contributed by atoms with E-state index in [1.807, 2.05) is 42.5 Å². The summed E-state index contributed by atoms with van der Waals surface area (Å²) < 4.78 is 0. The van der Waals surface area contributed by atoms with Crippen LogP contribution in [0.3, 0.4) is 0 Å². The number of carbonyl (C=O) groups excluding carboxylic acids is 1. The summed E-state index contributed by atoms with van der Waals surface area (Å²) in [6.07, 6.45) is 0.996. The molecule has 0 spiro atoms. The molecule has 0 fully saturated rings. The monoisotopic (exact) mass is 339 g/mol. The maximum atomic E-state index is 12.6. The van der Waals surface area contributed by atoms with Gasteiger partial charge in [0.15, 0.2) is 0 Å². The molecule has 0 heterocycles. The van der Waals surface area contributed by atoms with Gasteiger partial charge < -0.3 is 5.32 Å². The van der Waals surface area contributed by atoms with E-state index in [1.165, 1.54) is 21.7 Å². The number of aryl methyl sites for hydroxylation is 1. The van der Waals surface area contributed by atoms with Crippen LogP contribution in [0.5, 0.6) is 0 Å². The van der Waals surface area contributed by atoms with Crippen molar-refractivity contribution in [2.75, 3.05) is 0 Å². The number of fused-ring (bicyclic) bond motifs is 3. The second kappa shape index (κ2) is 7.01. The molecule has 26 heavy (non-hydrogen) atoms. The first-order valence-electron chi connectivity index (χ1n) is 9.03. The highest BCUT2D eigenvalue weighted by molar-refractivity contribution is 6.11. The Hall–Kier alpha value is -3.13. The fraction of sp³-hybridized carbons (Fsp3) is 0.125. The summed E-state index contributed by atoms with van der Waals surface area (Å²) in [6, 6.07) is 26.6. The summed E-state index contributed by atoms with van der Waals surface area (Å²) in [5.74, 6) is -0.0422. The highest BCUT2D eigenvalue weighted by Gasteiger charge is 2.10. The van der Waals surface area contributed by atoms with E-state index < -0.39 is 0 Å². The van der Waals surface area contributed by atoms with Crippen molar-refractivity contribution in [3.05, 3.63) is 95.6 Å². The average molecular weight is 339 g/mol. The van der Waals surface area contributed by atoms with Crippen molar-refractivity contribution in [1.82, 2.24) is 5.32 Å². The van der Waals surface area contributed by atoms with E-state index in [0.717, 1.165) is 17.4 Å². The lowest BCUT2D eigenvalue weighted by atomic mass is 9.95. The van der Waals surface area contributed by atoms with Gasteiger partial charge in [-0.15, -0.1) is 0 Å². The summed E-state index contributed by atoms with van der Waals surface area (Å²) in [7, 11) is 0. The second-order valence-electron chi connectivity index (χ2n) is 6.54. The molecule has 4 aromatic rings. The Bertz CT molecular complexity index is 1080. The molecule has 4 rings (SSSR count). The first-order valence-corrected chi connectivity index (χ1v) is 9.03. The number of amides is 1. The second-order valence-corrected chi connectivity index (χ2v) is 6.54. The zero-order chi connectivity index (χ0) is 17.9. The molecule has 0 aliphatic rings. The van der Waals surface area contributed by atoms with E-state index in [-0.39, 0.29) is 5.91 Å². The van der Waals surface area contributed by atoms with Crippen LogP contribution in [0.4, 0.5) is 0 Å². The minimum atomic E-state index is -0.0422. The van der Waals surface area contributed by atoms with E-state index >= 15 is 0 Å². The quantitative estimate of drug-likeness (QED) is 0.490. The Morgan fingerprint density at radius 1 is 0.808 bits per heavy atom. The molecule has 0 aliphatic carbocycles. The van der Waals surface area contributed by atoms with Crippen LogP contribution in [0.1, 0.15) is 28.4 Å². The molecule has 0 bridgehead atoms. The Morgan fingerprint density at radius 2 is 1.54 bits per heavy atom. The van der Waals surface area contributed by atoms with Crippen LogP contribution >= 0.6 is 0 Å². The zero-order valence-corrected chi connectivity index (χ0v) is 14.8. The van der Waals surface area contributed by atoms with Crippen LogP contribution in [-0.4, -0.2) is 5.91 Å². The van der Waals surface area contributed by atoms with Crippen LogP contribution < -0.4 is 5.32 Å². The van der Waals surface area contributed by atoms with Gasteiger partial charge >= 0.3 is 0 Å². The number of hydrogen-bond donors (Lipinski definition) is 1. The van der Waals surface area contributed by atoms with Crippen LogP contribution in [0.15, 0.2) is 78.9 Å². The molecule has 1 N–H and O–H groups in total. The lowest BCUT2D eigenvalue weighted by molar-refractivity contribution is 0.0951. The van der Waals surface area contributed by atoms with Crippen molar-refractivity contribution in [2.24, 2.45) is 0 Å². The molecule has 0 saturated heterocycles. The number of nitrogens with one attached hydrogen (secondary N) is 1.